The van der Waals surface area contributed by atoms with Gasteiger partial charge in [-0.05, 0) is 42.5 Å². The molecule has 25 heavy (non-hydrogen) atoms. The number of carbonyl (C=O) groups is 1. The molecule has 0 bridgehead atoms. The standard InChI is InChI=1S/C22H27NO2/c1-5-15-25-20-12-7-6-10-18(20)13-14-21(24)23-22-17(4)9-8-11-19(22)16(2)3/h6-14,16H,5,15H2,1-4H3,(H,23,24). The largest absolute Gasteiger partial charge is 0.493 e. The van der Waals surface area contributed by atoms with Crippen molar-refractivity contribution in [3.05, 3.63) is 65.2 Å². The number of benzene rings is 2. The third-order valence-corrected chi connectivity index (χ3v) is 3.97. The van der Waals surface area contributed by atoms with Crippen LogP contribution in [0.2, 0.25) is 0 Å². The number of ether oxygens (including phenoxy) is 1. The van der Waals surface area contributed by atoms with Crippen molar-refractivity contribution in [3.8, 4) is 5.75 Å². The molecular weight excluding hydrogens is 310 g/mol. The van der Waals surface area contributed by atoms with Crippen LogP contribution in [0.4, 0.5) is 5.69 Å². The van der Waals surface area contributed by atoms with Gasteiger partial charge < -0.3 is 10.1 Å². The quantitative estimate of drug-likeness (QED) is 0.672. The van der Waals surface area contributed by atoms with Crippen molar-refractivity contribution in [2.24, 2.45) is 0 Å². The first-order valence-corrected chi connectivity index (χ1v) is 8.83. The maximum Gasteiger partial charge on any atom is 0.248 e. The van der Waals surface area contributed by atoms with Crippen LogP contribution in [-0.2, 0) is 4.79 Å². The lowest BCUT2D eigenvalue weighted by Crippen LogP contribution is -2.11. The fourth-order valence-corrected chi connectivity index (χ4v) is 2.63. The summed E-state index contributed by atoms with van der Waals surface area (Å²) in [6.45, 7) is 9.00. The Bertz CT molecular complexity index is 747. The Labute approximate surface area is 150 Å². The van der Waals surface area contributed by atoms with Gasteiger partial charge >= 0.3 is 0 Å². The van der Waals surface area contributed by atoms with E-state index in [-0.39, 0.29) is 5.91 Å². The summed E-state index contributed by atoms with van der Waals surface area (Å²) < 4.78 is 5.72. The fourth-order valence-electron chi connectivity index (χ4n) is 2.63. The number of nitrogens with one attached hydrogen (secondary N) is 1. The van der Waals surface area contributed by atoms with Crippen LogP contribution < -0.4 is 10.1 Å². The Kier molecular flexibility index (Phi) is 6.81. The number of aryl methyl sites for hydroxylation is 1. The molecule has 0 aliphatic rings. The number of para-hydroxylation sites is 2. The topological polar surface area (TPSA) is 38.3 Å². The molecule has 0 aromatic heterocycles. The van der Waals surface area contributed by atoms with Crippen LogP contribution in [0.15, 0.2) is 48.5 Å². The van der Waals surface area contributed by atoms with E-state index in [4.69, 9.17) is 4.74 Å². The first-order chi connectivity index (χ1) is 12.0. The van der Waals surface area contributed by atoms with Gasteiger partial charge in [-0.2, -0.15) is 0 Å². The van der Waals surface area contributed by atoms with Crippen molar-refractivity contribution in [1.29, 1.82) is 0 Å². The van der Waals surface area contributed by atoms with E-state index in [1.165, 1.54) is 0 Å². The maximum atomic E-state index is 12.4. The van der Waals surface area contributed by atoms with Crippen LogP contribution in [0, 0.1) is 6.92 Å². The molecule has 0 saturated carbocycles. The highest BCUT2D eigenvalue weighted by Gasteiger charge is 2.10. The summed E-state index contributed by atoms with van der Waals surface area (Å²) in [6, 6.07) is 13.8. The highest BCUT2D eigenvalue weighted by molar-refractivity contribution is 6.03. The summed E-state index contributed by atoms with van der Waals surface area (Å²) in [5, 5.41) is 3.03. The molecule has 0 radical (unpaired) electrons. The molecule has 0 saturated heterocycles. The van der Waals surface area contributed by atoms with E-state index < -0.39 is 0 Å². The molecule has 0 unspecified atom stereocenters. The minimum Gasteiger partial charge on any atom is -0.493 e. The second-order valence-electron chi connectivity index (χ2n) is 6.40. The predicted molar refractivity (Wildman–Crippen MR) is 105 cm³/mol. The first kappa shape index (κ1) is 18.8. The summed E-state index contributed by atoms with van der Waals surface area (Å²) in [5.74, 6) is 1.01. The fraction of sp³-hybridized carbons (Fsp3) is 0.318. The van der Waals surface area contributed by atoms with Gasteiger partial charge in [0.2, 0.25) is 5.91 Å². The second-order valence-corrected chi connectivity index (χ2v) is 6.40. The SMILES string of the molecule is CCCOc1ccccc1C=CC(=O)Nc1c(C)cccc1C(C)C. The van der Waals surface area contributed by atoms with E-state index in [9.17, 15) is 4.79 Å². The minimum atomic E-state index is -0.138. The molecule has 0 fully saturated rings. The van der Waals surface area contributed by atoms with Crippen LogP contribution in [-0.4, -0.2) is 12.5 Å². The van der Waals surface area contributed by atoms with Gasteiger partial charge in [-0.3, -0.25) is 4.79 Å². The van der Waals surface area contributed by atoms with Crippen LogP contribution in [0.5, 0.6) is 5.75 Å². The predicted octanol–water partition coefficient (Wildman–Crippen LogP) is 5.56. The monoisotopic (exact) mass is 337 g/mol. The first-order valence-electron chi connectivity index (χ1n) is 8.83. The van der Waals surface area contributed by atoms with E-state index in [1.54, 1.807) is 12.2 Å². The molecule has 3 nitrogen and oxygen atoms in total. The van der Waals surface area contributed by atoms with Gasteiger partial charge in [-0.15, -0.1) is 0 Å². The van der Waals surface area contributed by atoms with Crippen molar-refractivity contribution in [1.82, 2.24) is 0 Å². The molecule has 3 heteroatoms. The van der Waals surface area contributed by atoms with Crippen LogP contribution in [0.3, 0.4) is 0 Å². The molecule has 0 atom stereocenters. The van der Waals surface area contributed by atoms with Crippen molar-refractivity contribution in [2.75, 3.05) is 11.9 Å². The van der Waals surface area contributed by atoms with E-state index in [1.807, 2.05) is 43.3 Å². The second kappa shape index (κ2) is 9.07. The zero-order chi connectivity index (χ0) is 18.2. The Hall–Kier alpha value is -2.55. The Balaban J connectivity index is 2.15. The summed E-state index contributed by atoms with van der Waals surface area (Å²) in [7, 11) is 0. The molecule has 0 aliphatic heterocycles. The van der Waals surface area contributed by atoms with Gasteiger partial charge in [-0.1, -0.05) is 57.2 Å². The van der Waals surface area contributed by atoms with E-state index in [0.29, 0.717) is 12.5 Å². The number of rotatable bonds is 7. The third-order valence-electron chi connectivity index (χ3n) is 3.97. The molecule has 2 rings (SSSR count). The Morgan fingerprint density at radius 3 is 2.64 bits per heavy atom. The molecular formula is C22H27NO2. The summed E-state index contributed by atoms with van der Waals surface area (Å²) in [6.07, 6.45) is 4.31. The van der Waals surface area contributed by atoms with Gasteiger partial charge in [0, 0.05) is 17.3 Å². The lowest BCUT2D eigenvalue weighted by molar-refractivity contribution is -0.111. The van der Waals surface area contributed by atoms with Gasteiger partial charge in [0.15, 0.2) is 0 Å². The number of carbonyl (C=O) groups excluding carboxylic acids is 1. The number of anilines is 1. The summed E-state index contributed by atoms with van der Waals surface area (Å²) in [4.78, 5) is 12.4. The molecule has 1 N–H and O–H groups in total. The highest BCUT2D eigenvalue weighted by atomic mass is 16.5. The average Bonchev–Trinajstić information content (AvgIpc) is 2.60. The summed E-state index contributed by atoms with van der Waals surface area (Å²) >= 11 is 0. The smallest absolute Gasteiger partial charge is 0.248 e. The number of amides is 1. The van der Waals surface area contributed by atoms with E-state index in [2.05, 4.69) is 32.2 Å². The third kappa shape index (κ3) is 5.21. The van der Waals surface area contributed by atoms with Crippen LogP contribution >= 0.6 is 0 Å². The summed E-state index contributed by atoms with van der Waals surface area (Å²) in [5.41, 5.74) is 4.02. The van der Waals surface area contributed by atoms with Gasteiger partial charge in [0.25, 0.3) is 0 Å². The zero-order valence-corrected chi connectivity index (χ0v) is 15.5. The molecule has 2 aromatic rings. The lowest BCUT2D eigenvalue weighted by atomic mass is 9.98. The van der Waals surface area contributed by atoms with Crippen molar-refractivity contribution < 1.29 is 9.53 Å². The van der Waals surface area contributed by atoms with Gasteiger partial charge in [0.1, 0.15) is 5.75 Å². The molecule has 1 amide bonds. The zero-order valence-electron chi connectivity index (χ0n) is 15.5. The average molecular weight is 337 g/mol. The lowest BCUT2D eigenvalue weighted by Gasteiger charge is -2.15. The van der Waals surface area contributed by atoms with Crippen molar-refractivity contribution in [2.45, 2.75) is 40.0 Å². The van der Waals surface area contributed by atoms with E-state index >= 15 is 0 Å². The van der Waals surface area contributed by atoms with E-state index in [0.717, 1.165) is 34.5 Å². The molecule has 0 aliphatic carbocycles. The molecule has 2 aromatic carbocycles. The van der Waals surface area contributed by atoms with Crippen LogP contribution in [0.1, 0.15) is 49.8 Å². The molecule has 132 valence electrons. The molecule has 0 heterocycles. The normalized spacial score (nSPS) is 11.1. The maximum absolute atomic E-state index is 12.4. The van der Waals surface area contributed by atoms with Gasteiger partial charge in [0.05, 0.1) is 6.61 Å². The number of hydrogen-bond acceptors (Lipinski definition) is 2. The minimum absolute atomic E-state index is 0.138. The van der Waals surface area contributed by atoms with Crippen molar-refractivity contribution >= 4 is 17.7 Å². The van der Waals surface area contributed by atoms with Crippen molar-refractivity contribution in [3.63, 3.8) is 0 Å². The Morgan fingerprint density at radius 1 is 1.16 bits per heavy atom. The highest BCUT2D eigenvalue weighted by Crippen LogP contribution is 2.27. The Morgan fingerprint density at radius 2 is 1.92 bits per heavy atom. The van der Waals surface area contributed by atoms with Gasteiger partial charge in [-0.25, -0.2) is 0 Å². The number of hydrogen-bond donors (Lipinski definition) is 1. The van der Waals surface area contributed by atoms with Crippen LogP contribution in [0.25, 0.3) is 6.08 Å². The molecule has 0 spiro atoms.